The van der Waals surface area contributed by atoms with Crippen LogP contribution in [0.3, 0.4) is 0 Å². The Balaban J connectivity index is 3.47. The second kappa shape index (κ2) is 5.01. The molecule has 0 fully saturated rings. The molecule has 0 aliphatic rings. The van der Waals surface area contributed by atoms with Gasteiger partial charge in [-0.15, -0.1) is 0 Å². The van der Waals surface area contributed by atoms with Gasteiger partial charge in [0.15, 0.2) is 6.29 Å². The van der Waals surface area contributed by atoms with Gasteiger partial charge in [-0.25, -0.2) is 17.8 Å². The fourth-order valence-corrected chi connectivity index (χ4v) is 1.85. The molecule has 7 heteroatoms. The molecule has 0 radical (unpaired) electrons. The predicted molar refractivity (Wildman–Crippen MR) is 66.9 cm³/mol. The minimum absolute atomic E-state index is 0.0377. The zero-order chi connectivity index (χ0) is 14.1. The molecule has 0 amide bonds. The zero-order valence-corrected chi connectivity index (χ0v) is 11.5. The van der Waals surface area contributed by atoms with Crippen LogP contribution in [0.2, 0.25) is 0 Å². The van der Waals surface area contributed by atoms with Crippen LogP contribution in [0.15, 0.2) is 6.07 Å². The highest BCUT2D eigenvalue weighted by Gasteiger charge is 2.20. The first-order chi connectivity index (χ1) is 8.18. The number of aromatic nitrogens is 1. The first kappa shape index (κ1) is 14.6. The molecule has 0 aromatic carbocycles. The lowest BCUT2D eigenvalue weighted by Gasteiger charge is -2.18. The Morgan fingerprint density at radius 3 is 2.39 bits per heavy atom. The topological polar surface area (TPSA) is 67.3 Å². The molecule has 0 aliphatic heterocycles. The molecule has 0 saturated heterocycles. The molecule has 0 saturated carbocycles. The largest absolute Gasteiger partial charge is 0.298 e. The van der Waals surface area contributed by atoms with Gasteiger partial charge in [0.1, 0.15) is 11.6 Å². The maximum Gasteiger partial charge on any atom is 0.233 e. The van der Waals surface area contributed by atoms with Crippen LogP contribution in [0.4, 0.5) is 10.2 Å². The summed E-state index contributed by atoms with van der Waals surface area (Å²) in [6, 6.07) is 0.941. The van der Waals surface area contributed by atoms with Gasteiger partial charge in [-0.2, -0.15) is 0 Å². The van der Waals surface area contributed by atoms with Crippen LogP contribution in [0.25, 0.3) is 0 Å². The van der Waals surface area contributed by atoms with Gasteiger partial charge in [-0.3, -0.25) is 9.10 Å². The molecular formula is C11H15FN2O3S. The fraction of sp³-hybridized carbons (Fsp3) is 0.455. The molecule has 1 aromatic heterocycles. The van der Waals surface area contributed by atoms with E-state index in [0.29, 0.717) is 6.29 Å². The summed E-state index contributed by atoms with van der Waals surface area (Å²) >= 11 is 0. The zero-order valence-electron chi connectivity index (χ0n) is 10.6. The van der Waals surface area contributed by atoms with Gasteiger partial charge in [0.2, 0.25) is 10.0 Å². The summed E-state index contributed by atoms with van der Waals surface area (Å²) in [5.74, 6) is -0.994. The Hall–Kier alpha value is -1.50. The molecule has 1 heterocycles. The van der Waals surface area contributed by atoms with Crippen LogP contribution in [0, 0.1) is 5.82 Å². The molecular weight excluding hydrogens is 259 g/mol. The van der Waals surface area contributed by atoms with Crippen molar-refractivity contribution in [2.24, 2.45) is 0 Å². The molecule has 18 heavy (non-hydrogen) atoms. The van der Waals surface area contributed by atoms with Crippen LogP contribution in [-0.4, -0.2) is 33.0 Å². The summed E-state index contributed by atoms with van der Waals surface area (Å²) < 4.78 is 37.3. The van der Waals surface area contributed by atoms with Gasteiger partial charge in [0, 0.05) is 13.1 Å². The number of aldehydes is 1. The minimum atomic E-state index is -3.52. The summed E-state index contributed by atoms with van der Waals surface area (Å²) in [6.07, 6.45) is 1.39. The van der Waals surface area contributed by atoms with Crippen molar-refractivity contribution in [2.75, 3.05) is 17.6 Å². The van der Waals surface area contributed by atoms with E-state index < -0.39 is 15.8 Å². The molecule has 0 N–H and O–H groups in total. The summed E-state index contributed by atoms with van der Waals surface area (Å²) in [6.45, 7) is 3.50. The number of sulfonamides is 1. The van der Waals surface area contributed by atoms with Crippen molar-refractivity contribution in [3.63, 3.8) is 0 Å². The standard InChI is InChI=1S/C11H15FN2O3S/c1-7(2)11-8(6-15)9(12)5-10(13-11)14(3)18(4,16)17/h5-7H,1-4H3. The average molecular weight is 274 g/mol. The molecule has 1 rings (SSSR count). The quantitative estimate of drug-likeness (QED) is 0.781. The van der Waals surface area contributed by atoms with E-state index in [1.807, 2.05) is 0 Å². The van der Waals surface area contributed by atoms with Crippen molar-refractivity contribution in [1.29, 1.82) is 0 Å². The number of halogens is 1. The lowest BCUT2D eigenvalue weighted by molar-refractivity contribution is 0.111. The summed E-state index contributed by atoms with van der Waals surface area (Å²) in [4.78, 5) is 14.9. The number of nitrogens with zero attached hydrogens (tertiary/aromatic N) is 2. The maximum atomic E-state index is 13.7. The van der Waals surface area contributed by atoms with Crippen LogP contribution >= 0.6 is 0 Å². The van der Waals surface area contributed by atoms with Crippen LogP contribution in [-0.2, 0) is 10.0 Å². The Kier molecular flexibility index (Phi) is 4.05. The van der Waals surface area contributed by atoms with E-state index in [0.717, 1.165) is 16.6 Å². The Labute approximate surface area is 106 Å². The van der Waals surface area contributed by atoms with Gasteiger partial charge in [-0.1, -0.05) is 13.8 Å². The fourth-order valence-electron chi connectivity index (χ4n) is 1.42. The Morgan fingerprint density at radius 2 is 2.00 bits per heavy atom. The van der Waals surface area contributed by atoms with Gasteiger partial charge >= 0.3 is 0 Å². The van der Waals surface area contributed by atoms with Gasteiger partial charge in [-0.05, 0) is 5.92 Å². The number of hydrogen-bond donors (Lipinski definition) is 0. The monoisotopic (exact) mass is 274 g/mol. The number of carbonyl (C=O) groups excluding carboxylic acids is 1. The third-order valence-corrected chi connectivity index (χ3v) is 3.69. The lowest BCUT2D eigenvalue weighted by Crippen LogP contribution is -2.26. The molecule has 5 nitrogen and oxygen atoms in total. The minimum Gasteiger partial charge on any atom is -0.298 e. The summed E-state index contributed by atoms with van der Waals surface area (Å²) in [5, 5.41) is 0. The number of carbonyl (C=O) groups is 1. The van der Waals surface area contributed by atoms with E-state index >= 15 is 0 Å². The molecule has 100 valence electrons. The highest BCUT2D eigenvalue weighted by Crippen LogP contribution is 2.24. The molecule has 0 aliphatic carbocycles. The van der Waals surface area contributed by atoms with E-state index in [1.165, 1.54) is 7.05 Å². The average Bonchev–Trinajstić information content (AvgIpc) is 2.25. The van der Waals surface area contributed by atoms with E-state index in [4.69, 9.17) is 0 Å². The van der Waals surface area contributed by atoms with Crippen molar-refractivity contribution in [2.45, 2.75) is 19.8 Å². The van der Waals surface area contributed by atoms with Gasteiger partial charge in [0.05, 0.1) is 17.5 Å². The Morgan fingerprint density at radius 1 is 1.44 bits per heavy atom. The number of anilines is 1. The second-order valence-corrected chi connectivity index (χ2v) is 6.28. The second-order valence-electron chi connectivity index (χ2n) is 4.26. The lowest BCUT2D eigenvalue weighted by atomic mass is 10.0. The van der Waals surface area contributed by atoms with Crippen LogP contribution in [0.1, 0.15) is 35.8 Å². The summed E-state index contributed by atoms with van der Waals surface area (Å²) in [7, 11) is -2.24. The predicted octanol–water partition coefficient (Wildman–Crippen LogP) is 1.55. The first-order valence-electron chi connectivity index (χ1n) is 5.28. The molecule has 0 unspecified atom stereocenters. The number of hydrogen-bond acceptors (Lipinski definition) is 4. The van der Waals surface area contributed by atoms with Crippen LogP contribution < -0.4 is 4.31 Å². The number of rotatable bonds is 4. The number of pyridine rings is 1. The van der Waals surface area contributed by atoms with Crippen molar-refractivity contribution in [3.8, 4) is 0 Å². The SMILES string of the molecule is CC(C)c1nc(N(C)S(C)(=O)=O)cc(F)c1C=O. The third-order valence-electron chi connectivity index (χ3n) is 2.51. The first-order valence-corrected chi connectivity index (χ1v) is 7.12. The molecule has 0 spiro atoms. The third kappa shape index (κ3) is 2.84. The molecule has 0 atom stereocenters. The van der Waals surface area contributed by atoms with Crippen molar-refractivity contribution in [1.82, 2.24) is 4.98 Å². The van der Waals surface area contributed by atoms with Crippen molar-refractivity contribution in [3.05, 3.63) is 23.1 Å². The van der Waals surface area contributed by atoms with E-state index in [2.05, 4.69) is 4.98 Å². The Bertz CT molecular complexity index is 570. The molecule has 1 aromatic rings. The smallest absolute Gasteiger partial charge is 0.233 e. The van der Waals surface area contributed by atoms with E-state index in [1.54, 1.807) is 13.8 Å². The maximum absolute atomic E-state index is 13.7. The normalized spacial score (nSPS) is 11.7. The summed E-state index contributed by atoms with van der Waals surface area (Å²) in [5.41, 5.74) is 0.117. The highest BCUT2D eigenvalue weighted by atomic mass is 32.2. The van der Waals surface area contributed by atoms with Crippen LogP contribution in [0.5, 0.6) is 0 Å². The van der Waals surface area contributed by atoms with Crippen molar-refractivity contribution >= 4 is 22.1 Å². The van der Waals surface area contributed by atoms with Crippen molar-refractivity contribution < 1.29 is 17.6 Å². The highest BCUT2D eigenvalue weighted by molar-refractivity contribution is 7.92. The van der Waals surface area contributed by atoms with E-state index in [-0.39, 0.29) is 23.0 Å². The van der Waals surface area contributed by atoms with Gasteiger partial charge < -0.3 is 0 Å². The van der Waals surface area contributed by atoms with Gasteiger partial charge in [0.25, 0.3) is 0 Å². The van der Waals surface area contributed by atoms with E-state index in [9.17, 15) is 17.6 Å². The molecule has 0 bridgehead atoms.